The number of methoxy groups -OCH3 is 1. The molecule has 0 aliphatic carbocycles. The molecular weight excluding hydrogens is 236 g/mol. The van der Waals surface area contributed by atoms with E-state index in [1.165, 1.54) is 0 Å². The highest BCUT2D eigenvalue weighted by Gasteiger charge is 2.16. The molecular formula is C13H21ClN2O. The molecule has 1 aromatic carbocycles. The van der Waals surface area contributed by atoms with Crippen LogP contribution < -0.4 is 16.2 Å². The lowest BCUT2D eigenvalue weighted by atomic mass is 9.89. The van der Waals surface area contributed by atoms with Crippen molar-refractivity contribution in [1.82, 2.24) is 0 Å². The molecule has 0 amide bonds. The molecule has 0 bridgehead atoms. The number of hydrogen-bond donors (Lipinski definition) is 2. The summed E-state index contributed by atoms with van der Waals surface area (Å²) in [5.74, 6) is 1.55. The van der Waals surface area contributed by atoms with Crippen LogP contribution in [0.4, 0.5) is 0 Å². The van der Waals surface area contributed by atoms with E-state index in [0.29, 0.717) is 24.9 Å². The van der Waals surface area contributed by atoms with Crippen LogP contribution in [-0.4, -0.2) is 20.2 Å². The average molecular weight is 257 g/mol. The summed E-state index contributed by atoms with van der Waals surface area (Å²) in [6.45, 7) is 3.37. The Bertz CT molecular complexity index is 353. The second-order valence-electron chi connectivity index (χ2n) is 4.36. The zero-order chi connectivity index (χ0) is 12.8. The predicted molar refractivity (Wildman–Crippen MR) is 72.6 cm³/mol. The van der Waals surface area contributed by atoms with Crippen molar-refractivity contribution in [3.63, 3.8) is 0 Å². The zero-order valence-corrected chi connectivity index (χ0v) is 11.2. The molecule has 0 saturated heterocycles. The van der Waals surface area contributed by atoms with E-state index in [2.05, 4.69) is 6.92 Å². The maximum absolute atomic E-state index is 6.02. The molecule has 4 N–H and O–H groups in total. The van der Waals surface area contributed by atoms with Crippen molar-refractivity contribution in [1.29, 1.82) is 0 Å². The molecule has 0 heterocycles. The van der Waals surface area contributed by atoms with Crippen LogP contribution in [0.15, 0.2) is 18.2 Å². The zero-order valence-electron chi connectivity index (χ0n) is 10.4. The van der Waals surface area contributed by atoms with Gasteiger partial charge in [0.1, 0.15) is 5.75 Å². The van der Waals surface area contributed by atoms with E-state index in [9.17, 15) is 0 Å². The van der Waals surface area contributed by atoms with E-state index >= 15 is 0 Å². The largest absolute Gasteiger partial charge is 0.496 e. The van der Waals surface area contributed by atoms with Crippen molar-refractivity contribution in [3.05, 3.63) is 28.8 Å². The molecule has 0 saturated carbocycles. The molecule has 0 aliphatic rings. The Balaban J connectivity index is 2.86. The Kier molecular flexibility index (Phi) is 5.75. The second kappa shape index (κ2) is 6.84. The van der Waals surface area contributed by atoms with Crippen molar-refractivity contribution >= 4 is 11.6 Å². The smallest absolute Gasteiger partial charge is 0.122 e. The maximum Gasteiger partial charge on any atom is 0.122 e. The molecule has 1 atom stereocenters. The number of ether oxygens (including phenoxy) is 1. The maximum atomic E-state index is 6.02. The lowest BCUT2D eigenvalue weighted by molar-refractivity contribution is 0.397. The first kappa shape index (κ1) is 14.3. The van der Waals surface area contributed by atoms with Crippen LogP contribution in [0.1, 0.15) is 24.8 Å². The summed E-state index contributed by atoms with van der Waals surface area (Å²) in [7, 11) is 1.67. The van der Waals surface area contributed by atoms with Crippen molar-refractivity contribution in [2.75, 3.05) is 20.2 Å². The summed E-state index contributed by atoms with van der Waals surface area (Å²) >= 11 is 6.02. The minimum Gasteiger partial charge on any atom is -0.496 e. The van der Waals surface area contributed by atoms with E-state index in [0.717, 1.165) is 22.8 Å². The monoisotopic (exact) mass is 256 g/mol. The van der Waals surface area contributed by atoms with Gasteiger partial charge in [-0.1, -0.05) is 18.5 Å². The molecule has 0 aromatic heterocycles. The fraction of sp³-hybridized carbons (Fsp3) is 0.538. The van der Waals surface area contributed by atoms with Crippen LogP contribution in [0.2, 0.25) is 5.02 Å². The molecule has 0 aliphatic heterocycles. The van der Waals surface area contributed by atoms with E-state index in [-0.39, 0.29) is 0 Å². The van der Waals surface area contributed by atoms with E-state index < -0.39 is 0 Å². The van der Waals surface area contributed by atoms with Gasteiger partial charge < -0.3 is 16.2 Å². The number of rotatable bonds is 6. The van der Waals surface area contributed by atoms with Crippen molar-refractivity contribution in [2.24, 2.45) is 17.4 Å². The summed E-state index contributed by atoms with van der Waals surface area (Å²) in [5.41, 5.74) is 12.5. The molecule has 0 radical (unpaired) electrons. The number of halogens is 1. The highest BCUT2D eigenvalue weighted by Crippen LogP contribution is 2.32. The van der Waals surface area contributed by atoms with Gasteiger partial charge in [0.25, 0.3) is 0 Å². The highest BCUT2D eigenvalue weighted by molar-refractivity contribution is 6.30. The summed E-state index contributed by atoms with van der Waals surface area (Å²) in [6, 6.07) is 5.68. The quantitative estimate of drug-likeness (QED) is 0.822. The predicted octanol–water partition coefficient (Wildman–Crippen LogP) is 2.38. The fourth-order valence-corrected chi connectivity index (χ4v) is 2.19. The van der Waals surface area contributed by atoms with E-state index in [1.54, 1.807) is 7.11 Å². The number of nitrogens with two attached hydrogens (primary N) is 2. The van der Waals surface area contributed by atoms with Gasteiger partial charge >= 0.3 is 0 Å². The first-order valence-corrected chi connectivity index (χ1v) is 6.23. The molecule has 1 rings (SSSR count). The minimum absolute atomic E-state index is 0.334. The van der Waals surface area contributed by atoms with Crippen molar-refractivity contribution in [2.45, 2.75) is 19.3 Å². The molecule has 4 heteroatoms. The molecule has 3 nitrogen and oxygen atoms in total. The molecule has 17 heavy (non-hydrogen) atoms. The second-order valence-corrected chi connectivity index (χ2v) is 4.80. The standard InChI is InChI=1S/C13H21ClN2O/c1-9(5-10(7-15)8-16)12-6-11(14)3-4-13(12)17-2/h3-4,6,9-10H,5,7-8,15-16H2,1-2H3. The first-order chi connectivity index (χ1) is 8.12. The average Bonchev–Trinajstić information content (AvgIpc) is 2.35. The molecule has 0 fully saturated rings. The van der Waals surface area contributed by atoms with Crippen LogP contribution in [0.5, 0.6) is 5.75 Å². The summed E-state index contributed by atoms with van der Waals surface area (Å²) < 4.78 is 5.35. The summed E-state index contributed by atoms with van der Waals surface area (Å²) in [5, 5.41) is 0.727. The Labute approximate surface area is 108 Å². The lowest BCUT2D eigenvalue weighted by Crippen LogP contribution is -2.24. The third kappa shape index (κ3) is 3.87. The van der Waals surface area contributed by atoms with Crippen LogP contribution >= 0.6 is 11.6 Å². The van der Waals surface area contributed by atoms with Crippen LogP contribution in [-0.2, 0) is 0 Å². The first-order valence-electron chi connectivity index (χ1n) is 5.85. The van der Waals surface area contributed by atoms with Gasteiger partial charge in [0.15, 0.2) is 0 Å². The Morgan fingerprint density at radius 3 is 2.47 bits per heavy atom. The number of benzene rings is 1. The van der Waals surface area contributed by atoms with Gasteiger partial charge in [-0.05, 0) is 55.1 Å². The Morgan fingerprint density at radius 2 is 1.94 bits per heavy atom. The van der Waals surface area contributed by atoms with Crippen LogP contribution in [0, 0.1) is 5.92 Å². The minimum atomic E-state index is 0.334. The summed E-state index contributed by atoms with van der Waals surface area (Å²) in [6.07, 6.45) is 0.948. The van der Waals surface area contributed by atoms with Gasteiger partial charge in [-0.2, -0.15) is 0 Å². The molecule has 1 unspecified atom stereocenters. The summed E-state index contributed by atoms with van der Waals surface area (Å²) in [4.78, 5) is 0. The van der Waals surface area contributed by atoms with Crippen molar-refractivity contribution < 1.29 is 4.74 Å². The Morgan fingerprint density at radius 1 is 1.29 bits per heavy atom. The molecule has 1 aromatic rings. The molecule has 96 valence electrons. The third-order valence-corrected chi connectivity index (χ3v) is 3.31. The van der Waals surface area contributed by atoms with Gasteiger partial charge in [-0.25, -0.2) is 0 Å². The van der Waals surface area contributed by atoms with Gasteiger partial charge in [-0.3, -0.25) is 0 Å². The Hall–Kier alpha value is -0.770. The van der Waals surface area contributed by atoms with Crippen LogP contribution in [0.25, 0.3) is 0 Å². The molecule has 0 spiro atoms. The van der Waals surface area contributed by atoms with Gasteiger partial charge in [-0.15, -0.1) is 0 Å². The van der Waals surface area contributed by atoms with Gasteiger partial charge in [0.2, 0.25) is 0 Å². The van der Waals surface area contributed by atoms with Crippen molar-refractivity contribution in [3.8, 4) is 5.75 Å². The van der Waals surface area contributed by atoms with E-state index in [4.69, 9.17) is 27.8 Å². The van der Waals surface area contributed by atoms with Gasteiger partial charge in [0.05, 0.1) is 7.11 Å². The SMILES string of the molecule is COc1ccc(Cl)cc1C(C)CC(CN)CN. The normalized spacial score (nSPS) is 12.8. The third-order valence-electron chi connectivity index (χ3n) is 3.08. The van der Waals surface area contributed by atoms with Crippen LogP contribution in [0.3, 0.4) is 0 Å². The lowest BCUT2D eigenvalue weighted by Gasteiger charge is -2.20. The number of hydrogen-bond acceptors (Lipinski definition) is 3. The highest BCUT2D eigenvalue weighted by atomic mass is 35.5. The van der Waals surface area contributed by atoms with E-state index in [1.807, 2.05) is 18.2 Å². The topological polar surface area (TPSA) is 61.3 Å². The van der Waals surface area contributed by atoms with Gasteiger partial charge in [0, 0.05) is 5.02 Å². The fourth-order valence-electron chi connectivity index (χ4n) is 2.01.